The van der Waals surface area contributed by atoms with Gasteiger partial charge in [-0.15, -0.1) is 11.3 Å². The number of rotatable bonds is 5. The van der Waals surface area contributed by atoms with Gasteiger partial charge in [-0.3, -0.25) is 4.79 Å². The standard InChI is InChI=1S/C19H16ClNO2S/c1-23-17-8-3-7-16(12-17)21(13-18-9-4-10-24-18)19(22)14-5-2-6-15(20)11-14/h2-12H,13H2,1H3. The van der Waals surface area contributed by atoms with E-state index in [9.17, 15) is 4.79 Å². The minimum atomic E-state index is -0.0980. The van der Waals surface area contributed by atoms with Crippen LogP contribution in [0.2, 0.25) is 5.02 Å². The van der Waals surface area contributed by atoms with Gasteiger partial charge in [0.1, 0.15) is 5.75 Å². The molecule has 0 spiro atoms. The highest BCUT2D eigenvalue weighted by molar-refractivity contribution is 7.09. The summed E-state index contributed by atoms with van der Waals surface area (Å²) in [6.45, 7) is 0.496. The molecule has 0 bridgehead atoms. The number of nitrogens with zero attached hydrogens (tertiary/aromatic N) is 1. The summed E-state index contributed by atoms with van der Waals surface area (Å²) < 4.78 is 5.29. The van der Waals surface area contributed by atoms with Crippen molar-refractivity contribution >= 4 is 34.5 Å². The number of benzene rings is 2. The van der Waals surface area contributed by atoms with E-state index in [1.54, 1.807) is 47.6 Å². The van der Waals surface area contributed by atoms with Gasteiger partial charge in [-0.1, -0.05) is 29.8 Å². The molecule has 0 aliphatic heterocycles. The summed E-state index contributed by atoms with van der Waals surface area (Å²) in [6.07, 6.45) is 0. The molecule has 0 fully saturated rings. The van der Waals surface area contributed by atoms with Crippen LogP contribution in [0, 0.1) is 0 Å². The number of hydrogen-bond donors (Lipinski definition) is 0. The molecule has 122 valence electrons. The van der Waals surface area contributed by atoms with E-state index in [0.29, 0.717) is 22.9 Å². The first-order valence-corrected chi connectivity index (χ1v) is 8.67. The maximum Gasteiger partial charge on any atom is 0.258 e. The van der Waals surface area contributed by atoms with Crippen molar-refractivity contribution in [3.63, 3.8) is 0 Å². The van der Waals surface area contributed by atoms with Gasteiger partial charge in [-0.05, 0) is 41.8 Å². The van der Waals surface area contributed by atoms with Crippen LogP contribution in [-0.4, -0.2) is 13.0 Å². The van der Waals surface area contributed by atoms with Crippen molar-refractivity contribution in [1.82, 2.24) is 0 Å². The molecule has 1 amide bonds. The van der Waals surface area contributed by atoms with Gasteiger partial charge in [0, 0.05) is 27.2 Å². The van der Waals surface area contributed by atoms with E-state index in [-0.39, 0.29) is 5.91 Å². The second-order valence-electron chi connectivity index (χ2n) is 5.18. The average Bonchev–Trinajstić information content (AvgIpc) is 3.12. The molecule has 0 unspecified atom stereocenters. The Balaban J connectivity index is 1.99. The quantitative estimate of drug-likeness (QED) is 0.623. The van der Waals surface area contributed by atoms with E-state index in [4.69, 9.17) is 16.3 Å². The number of methoxy groups -OCH3 is 1. The van der Waals surface area contributed by atoms with Crippen molar-refractivity contribution < 1.29 is 9.53 Å². The molecule has 0 aliphatic rings. The Bertz CT molecular complexity index is 833. The minimum Gasteiger partial charge on any atom is -0.497 e. The average molecular weight is 358 g/mol. The number of carbonyl (C=O) groups is 1. The van der Waals surface area contributed by atoms with Crippen LogP contribution >= 0.6 is 22.9 Å². The number of carbonyl (C=O) groups excluding carboxylic acids is 1. The van der Waals surface area contributed by atoms with Crippen LogP contribution < -0.4 is 9.64 Å². The molecule has 1 aromatic heterocycles. The molecule has 0 N–H and O–H groups in total. The van der Waals surface area contributed by atoms with Gasteiger partial charge in [0.2, 0.25) is 0 Å². The molecular weight excluding hydrogens is 342 g/mol. The van der Waals surface area contributed by atoms with E-state index in [2.05, 4.69) is 0 Å². The van der Waals surface area contributed by atoms with Gasteiger partial charge in [0.15, 0.2) is 0 Å². The zero-order valence-electron chi connectivity index (χ0n) is 13.1. The second kappa shape index (κ2) is 7.51. The Morgan fingerprint density at radius 3 is 2.67 bits per heavy atom. The Hall–Kier alpha value is -2.30. The zero-order chi connectivity index (χ0) is 16.9. The largest absolute Gasteiger partial charge is 0.497 e. The summed E-state index contributed by atoms with van der Waals surface area (Å²) >= 11 is 7.66. The third kappa shape index (κ3) is 3.78. The number of halogens is 1. The SMILES string of the molecule is COc1cccc(N(Cc2cccs2)C(=O)c2cccc(Cl)c2)c1. The third-order valence-corrected chi connectivity index (χ3v) is 4.67. The highest BCUT2D eigenvalue weighted by atomic mass is 35.5. The first kappa shape index (κ1) is 16.6. The lowest BCUT2D eigenvalue weighted by atomic mass is 10.1. The normalized spacial score (nSPS) is 10.4. The molecule has 5 heteroatoms. The zero-order valence-corrected chi connectivity index (χ0v) is 14.7. The van der Waals surface area contributed by atoms with Crippen molar-refractivity contribution in [2.75, 3.05) is 12.0 Å². The van der Waals surface area contributed by atoms with Gasteiger partial charge in [0.05, 0.1) is 13.7 Å². The summed E-state index contributed by atoms with van der Waals surface area (Å²) in [5.41, 5.74) is 1.34. The van der Waals surface area contributed by atoms with Crippen LogP contribution in [0.1, 0.15) is 15.2 Å². The first-order chi connectivity index (χ1) is 11.7. The predicted octanol–water partition coefficient (Wildman–Crippen LogP) is 5.26. The van der Waals surface area contributed by atoms with Crippen LogP contribution in [0.5, 0.6) is 5.75 Å². The lowest BCUT2D eigenvalue weighted by Crippen LogP contribution is -2.30. The fraction of sp³-hybridized carbons (Fsp3) is 0.105. The van der Waals surface area contributed by atoms with Gasteiger partial charge in [-0.25, -0.2) is 0 Å². The van der Waals surface area contributed by atoms with Crippen LogP contribution in [0.15, 0.2) is 66.0 Å². The van der Waals surface area contributed by atoms with E-state index >= 15 is 0 Å². The van der Waals surface area contributed by atoms with Crippen molar-refractivity contribution in [1.29, 1.82) is 0 Å². The highest BCUT2D eigenvalue weighted by Gasteiger charge is 2.19. The minimum absolute atomic E-state index is 0.0980. The van der Waals surface area contributed by atoms with Crippen molar-refractivity contribution in [3.8, 4) is 5.75 Å². The van der Waals surface area contributed by atoms with E-state index in [0.717, 1.165) is 10.6 Å². The lowest BCUT2D eigenvalue weighted by Gasteiger charge is -2.23. The number of anilines is 1. The van der Waals surface area contributed by atoms with Crippen LogP contribution in [-0.2, 0) is 6.54 Å². The predicted molar refractivity (Wildman–Crippen MR) is 99.3 cm³/mol. The number of amides is 1. The van der Waals surface area contributed by atoms with Crippen molar-refractivity contribution in [2.24, 2.45) is 0 Å². The van der Waals surface area contributed by atoms with Crippen LogP contribution in [0.4, 0.5) is 5.69 Å². The van der Waals surface area contributed by atoms with Gasteiger partial charge in [0.25, 0.3) is 5.91 Å². The van der Waals surface area contributed by atoms with Crippen molar-refractivity contribution in [2.45, 2.75) is 6.54 Å². The maximum atomic E-state index is 13.1. The Kier molecular flexibility index (Phi) is 5.18. The highest BCUT2D eigenvalue weighted by Crippen LogP contribution is 2.26. The number of ether oxygens (including phenoxy) is 1. The van der Waals surface area contributed by atoms with Crippen LogP contribution in [0.3, 0.4) is 0 Å². The smallest absolute Gasteiger partial charge is 0.258 e. The molecule has 3 nitrogen and oxygen atoms in total. The Morgan fingerprint density at radius 2 is 1.96 bits per heavy atom. The molecule has 0 aliphatic carbocycles. The van der Waals surface area contributed by atoms with Gasteiger partial charge >= 0.3 is 0 Å². The van der Waals surface area contributed by atoms with E-state index in [1.807, 2.05) is 41.8 Å². The molecule has 0 radical (unpaired) electrons. The molecule has 0 atom stereocenters. The molecule has 2 aromatic carbocycles. The Labute approximate surface area is 150 Å². The monoisotopic (exact) mass is 357 g/mol. The molecule has 24 heavy (non-hydrogen) atoms. The number of hydrogen-bond acceptors (Lipinski definition) is 3. The first-order valence-electron chi connectivity index (χ1n) is 7.41. The van der Waals surface area contributed by atoms with E-state index < -0.39 is 0 Å². The molecular formula is C19H16ClNO2S. The third-order valence-electron chi connectivity index (χ3n) is 3.58. The molecule has 0 saturated carbocycles. The molecule has 1 heterocycles. The fourth-order valence-corrected chi connectivity index (χ4v) is 3.28. The molecule has 0 saturated heterocycles. The second-order valence-corrected chi connectivity index (χ2v) is 6.65. The van der Waals surface area contributed by atoms with Gasteiger partial charge in [-0.2, -0.15) is 0 Å². The summed E-state index contributed by atoms with van der Waals surface area (Å²) in [4.78, 5) is 15.9. The van der Waals surface area contributed by atoms with Crippen molar-refractivity contribution in [3.05, 3.63) is 81.5 Å². The summed E-state index contributed by atoms with van der Waals surface area (Å²) in [7, 11) is 1.61. The van der Waals surface area contributed by atoms with Crippen LogP contribution in [0.25, 0.3) is 0 Å². The summed E-state index contributed by atoms with van der Waals surface area (Å²) in [5.74, 6) is 0.613. The maximum absolute atomic E-state index is 13.1. The summed E-state index contributed by atoms with van der Waals surface area (Å²) in [5, 5.41) is 2.55. The topological polar surface area (TPSA) is 29.5 Å². The van der Waals surface area contributed by atoms with Gasteiger partial charge < -0.3 is 9.64 Å². The molecule has 3 aromatic rings. The Morgan fingerprint density at radius 1 is 1.12 bits per heavy atom. The summed E-state index contributed by atoms with van der Waals surface area (Å²) in [6, 6.07) is 18.5. The van der Waals surface area contributed by atoms with E-state index in [1.165, 1.54) is 0 Å². The fourth-order valence-electron chi connectivity index (χ4n) is 2.39. The number of thiophene rings is 1. The lowest BCUT2D eigenvalue weighted by molar-refractivity contribution is 0.0985. The molecule has 3 rings (SSSR count).